The van der Waals surface area contributed by atoms with E-state index in [1.807, 2.05) is 31.2 Å². The highest BCUT2D eigenvalue weighted by atomic mass is 16.5. The molecule has 2 aromatic carbocycles. The molecule has 0 aliphatic rings. The van der Waals surface area contributed by atoms with Crippen molar-refractivity contribution in [1.82, 2.24) is 19.3 Å². The average molecular weight is 431 g/mol. The molecule has 0 unspecified atom stereocenters. The van der Waals surface area contributed by atoms with Crippen LogP contribution in [0.5, 0.6) is 0 Å². The Labute approximate surface area is 183 Å². The standard InChI is InChI=1S/C23H21N5O4/c1-3-32-23(31)16-6-8-17(9-7-16)26-20(29)13-27-14-24-21-19(22(27)30)12-25-28(21)18-10-4-15(2)5-11-18/h4-12,14H,3,13H2,1-2H3,(H,26,29). The lowest BCUT2D eigenvalue weighted by Gasteiger charge is -2.08. The van der Waals surface area contributed by atoms with E-state index in [0.29, 0.717) is 22.3 Å². The molecule has 9 heteroatoms. The van der Waals surface area contributed by atoms with Crippen LogP contribution in [0, 0.1) is 6.92 Å². The van der Waals surface area contributed by atoms with Crippen molar-refractivity contribution in [3.8, 4) is 5.69 Å². The zero-order valence-electron chi connectivity index (χ0n) is 17.6. The zero-order valence-corrected chi connectivity index (χ0v) is 17.6. The smallest absolute Gasteiger partial charge is 0.338 e. The largest absolute Gasteiger partial charge is 0.462 e. The maximum atomic E-state index is 12.8. The van der Waals surface area contributed by atoms with Gasteiger partial charge in [0.2, 0.25) is 5.91 Å². The minimum Gasteiger partial charge on any atom is -0.462 e. The predicted octanol–water partition coefficient (Wildman–Crippen LogP) is 2.71. The Kier molecular flexibility index (Phi) is 5.80. The number of aryl methyl sites for hydroxylation is 1. The van der Waals surface area contributed by atoms with Crippen molar-refractivity contribution in [3.05, 3.63) is 82.5 Å². The van der Waals surface area contributed by atoms with Gasteiger partial charge in [0.15, 0.2) is 5.65 Å². The van der Waals surface area contributed by atoms with Crippen molar-refractivity contribution in [2.45, 2.75) is 20.4 Å². The van der Waals surface area contributed by atoms with Gasteiger partial charge in [-0.15, -0.1) is 0 Å². The number of ether oxygens (including phenoxy) is 1. The van der Waals surface area contributed by atoms with Gasteiger partial charge in [0, 0.05) is 5.69 Å². The van der Waals surface area contributed by atoms with Gasteiger partial charge in [-0.1, -0.05) is 17.7 Å². The Morgan fingerprint density at radius 3 is 2.47 bits per heavy atom. The SMILES string of the molecule is CCOC(=O)c1ccc(NC(=O)Cn2cnc3c(cnn3-c3ccc(C)cc3)c2=O)cc1. The molecule has 2 aromatic heterocycles. The lowest BCUT2D eigenvalue weighted by Crippen LogP contribution is -2.27. The van der Waals surface area contributed by atoms with Crippen molar-refractivity contribution >= 4 is 28.6 Å². The van der Waals surface area contributed by atoms with Crippen LogP contribution in [0.3, 0.4) is 0 Å². The number of esters is 1. The third kappa shape index (κ3) is 4.27. The first-order chi connectivity index (χ1) is 15.5. The van der Waals surface area contributed by atoms with Crippen molar-refractivity contribution in [2.24, 2.45) is 0 Å². The number of aromatic nitrogens is 4. The number of carbonyl (C=O) groups is 2. The Hall–Kier alpha value is -4.27. The fourth-order valence-corrected chi connectivity index (χ4v) is 3.20. The number of amides is 1. The minimum absolute atomic E-state index is 0.211. The molecule has 1 N–H and O–H groups in total. The first-order valence-electron chi connectivity index (χ1n) is 10.0. The molecule has 0 aliphatic heterocycles. The minimum atomic E-state index is -0.428. The summed E-state index contributed by atoms with van der Waals surface area (Å²) >= 11 is 0. The number of benzene rings is 2. The van der Waals surface area contributed by atoms with Crippen molar-refractivity contribution in [1.29, 1.82) is 0 Å². The summed E-state index contributed by atoms with van der Waals surface area (Å²) in [6.45, 7) is 3.79. The summed E-state index contributed by atoms with van der Waals surface area (Å²) in [7, 11) is 0. The van der Waals surface area contributed by atoms with E-state index in [4.69, 9.17) is 4.74 Å². The van der Waals surface area contributed by atoms with Crippen LogP contribution in [-0.2, 0) is 16.1 Å². The Balaban J connectivity index is 1.50. The molecule has 4 rings (SSSR count). The van der Waals surface area contributed by atoms with Crippen LogP contribution in [0.25, 0.3) is 16.7 Å². The topological polar surface area (TPSA) is 108 Å². The van der Waals surface area contributed by atoms with Gasteiger partial charge in [-0.25, -0.2) is 14.5 Å². The molecular weight excluding hydrogens is 410 g/mol. The molecule has 0 spiro atoms. The Bertz CT molecular complexity index is 1340. The van der Waals surface area contributed by atoms with E-state index >= 15 is 0 Å². The van der Waals surface area contributed by atoms with Gasteiger partial charge >= 0.3 is 5.97 Å². The number of hydrogen-bond donors (Lipinski definition) is 1. The van der Waals surface area contributed by atoms with Crippen LogP contribution in [0.1, 0.15) is 22.8 Å². The van der Waals surface area contributed by atoms with Crippen LogP contribution in [0.4, 0.5) is 5.69 Å². The van der Waals surface area contributed by atoms with Crippen LogP contribution in [0.2, 0.25) is 0 Å². The molecule has 4 aromatic rings. The van der Waals surface area contributed by atoms with E-state index in [1.165, 1.54) is 17.1 Å². The fourth-order valence-electron chi connectivity index (χ4n) is 3.20. The number of rotatable bonds is 6. The second-order valence-corrected chi connectivity index (χ2v) is 7.15. The van der Waals surface area contributed by atoms with Crippen LogP contribution in [0.15, 0.2) is 65.8 Å². The number of anilines is 1. The van der Waals surface area contributed by atoms with E-state index < -0.39 is 11.9 Å². The normalized spacial score (nSPS) is 10.8. The molecule has 0 bridgehead atoms. The molecule has 0 atom stereocenters. The second kappa shape index (κ2) is 8.84. The Morgan fingerprint density at radius 2 is 1.78 bits per heavy atom. The van der Waals surface area contributed by atoms with Crippen LogP contribution < -0.4 is 10.9 Å². The predicted molar refractivity (Wildman–Crippen MR) is 119 cm³/mol. The summed E-state index contributed by atoms with van der Waals surface area (Å²) in [5, 5.41) is 7.30. The van der Waals surface area contributed by atoms with E-state index in [0.717, 1.165) is 11.3 Å². The van der Waals surface area contributed by atoms with E-state index in [2.05, 4.69) is 15.4 Å². The Morgan fingerprint density at radius 1 is 1.06 bits per heavy atom. The average Bonchev–Trinajstić information content (AvgIpc) is 3.22. The highest BCUT2D eigenvalue weighted by Gasteiger charge is 2.14. The van der Waals surface area contributed by atoms with Crippen LogP contribution >= 0.6 is 0 Å². The number of hydrogen-bond acceptors (Lipinski definition) is 6. The molecule has 162 valence electrons. The molecule has 0 saturated heterocycles. The molecule has 0 fully saturated rings. The molecule has 2 heterocycles. The first-order valence-corrected chi connectivity index (χ1v) is 10.0. The van der Waals surface area contributed by atoms with Gasteiger partial charge in [-0.05, 0) is 50.2 Å². The summed E-state index contributed by atoms with van der Waals surface area (Å²) in [5.74, 6) is -0.828. The summed E-state index contributed by atoms with van der Waals surface area (Å²) in [5.41, 5.74) is 2.85. The quantitative estimate of drug-likeness (QED) is 0.470. The van der Waals surface area contributed by atoms with E-state index in [1.54, 1.807) is 35.9 Å². The van der Waals surface area contributed by atoms with Gasteiger partial charge in [-0.3, -0.25) is 14.2 Å². The third-order valence-corrected chi connectivity index (χ3v) is 4.83. The fraction of sp³-hybridized carbons (Fsp3) is 0.174. The van der Waals surface area contributed by atoms with Gasteiger partial charge < -0.3 is 10.1 Å². The van der Waals surface area contributed by atoms with Crippen molar-refractivity contribution in [2.75, 3.05) is 11.9 Å². The zero-order chi connectivity index (χ0) is 22.7. The van der Waals surface area contributed by atoms with Gasteiger partial charge in [0.25, 0.3) is 5.56 Å². The summed E-state index contributed by atoms with van der Waals surface area (Å²) in [6.07, 6.45) is 2.79. The molecule has 1 amide bonds. The maximum Gasteiger partial charge on any atom is 0.338 e. The monoisotopic (exact) mass is 431 g/mol. The third-order valence-electron chi connectivity index (χ3n) is 4.83. The molecule has 0 aliphatic carbocycles. The summed E-state index contributed by atoms with van der Waals surface area (Å²) < 4.78 is 7.75. The lowest BCUT2D eigenvalue weighted by molar-refractivity contribution is -0.116. The number of carbonyl (C=O) groups excluding carboxylic acids is 2. The number of nitrogens with one attached hydrogen (secondary N) is 1. The first kappa shape index (κ1) is 21.0. The van der Waals surface area contributed by atoms with Gasteiger partial charge in [0.1, 0.15) is 18.3 Å². The number of nitrogens with zero attached hydrogens (tertiary/aromatic N) is 4. The van der Waals surface area contributed by atoms with Crippen molar-refractivity contribution < 1.29 is 14.3 Å². The van der Waals surface area contributed by atoms with Crippen LogP contribution in [-0.4, -0.2) is 37.8 Å². The van der Waals surface area contributed by atoms with E-state index in [9.17, 15) is 14.4 Å². The summed E-state index contributed by atoms with van der Waals surface area (Å²) in [6, 6.07) is 14.0. The molecule has 0 saturated carbocycles. The summed E-state index contributed by atoms with van der Waals surface area (Å²) in [4.78, 5) is 41.3. The second-order valence-electron chi connectivity index (χ2n) is 7.15. The number of fused-ring (bicyclic) bond motifs is 1. The molecular formula is C23H21N5O4. The molecule has 32 heavy (non-hydrogen) atoms. The van der Waals surface area contributed by atoms with E-state index in [-0.39, 0.29) is 18.7 Å². The van der Waals surface area contributed by atoms with Gasteiger partial charge in [0.05, 0.1) is 24.1 Å². The molecule has 0 radical (unpaired) electrons. The molecule has 9 nitrogen and oxygen atoms in total. The highest BCUT2D eigenvalue weighted by Crippen LogP contribution is 2.14. The maximum absolute atomic E-state index is 12.8. The van der Waals surface area contributed by atoms with Gasteiger partial charge in [-0.2, -0.15) is 5.10 Å². The highest BCUT2D eigenvalue weighted by molar-refractivity contribution is 5.93. The lowest BCUT2D eigenvalue weighted by atomic mass is 10.2. The van der Waals surface area contributed by atoms with Crippen molar-refractivity contribution in [3.63, 3.8) is 0 Å².